The van der Waals surface area contributed by atoms with E-state index in [1.165, 1.54) is 0 Å². The van der Waals surface area contributed by atoms with Gasteiger partial charge in [-0.1, -0.05) is 44.2 Å². The van der Waals surface area contributed by atoms with Crippen LogP contribution in [0, 0.1) is 0 Å². The largest absolute Gasteiger partial charge is 0.480 e. The monoisotopic (exact) mass is 286 g/mol. The summed E-state index contributed by atoms with van der Waals surface area (Å²) >= 11 is 0. The molecule has 0 saturated heterocycles. The van der Waals surface area contributed by atoms with E-state index in [9.17, 15) is 19.4 Å². The van der Waals surface area contributed by atoms with Gasteiger partial charge < -0.3 is 14.5 Å². The van der Waals surface area contributed by atoms with E-state index >= 15 is 0 Å². The highest BCUT2D eigenvalue weighted by Gasteiger charge is 2.52. The standard InChI is InChI=1S/C13H19O5P/c1-3-13(4-2,12(14)15)19(16,17)18-10-11-8-6-5-7-9-11/h5-9H,3-4,10H2,1-2H3,(H,14,15)(H,16,17). The summed E-state index contributed by atoms with van der Waals surface area (Å²) < 4.78 is 17.3. The third kappa shape index (κ3) is 3.24. The maximum absolute atomic E-state index is 12.3. The first-order valence-corrected chi connectivity index (χ1v) is 7.72. The van der Waals surface area contributed by atoms with Gasteiger partial charge in [0.15, 0.2) is 5.16 Å². The van der Waals surface area contributed by atoms with Gasteiger partial charge >= 0.3 is 13.6 Å². The lowest BCUT2D eigenvalue weighted by atomic mass is 10.0. The summed E-state index contributed by atoms with van der Waals surface area (Å²) in [7, 11) is -4.25. The van der Waals surface area contributed by atoms with Crippen LogP contribution in [0.3, 0.4) is 0 Å². The van der Waals surface area contributed by atoms with Crippen molar-refractivity contribution >= 4 is 13.6 Å². The molecule has 1 rings (SSSR count). The predicted octanol–water partition coefficient (Wildman–Crippen LogP) is 3.03. The lowest BCUT2D eigenvalue weighted by Gasteiger charge is -2.30. The molecule has 106 valence electrons. The molecule has 0 aliphatic rings. The fourth-order valence-electron chi connectivity index (χ4n) is 1.93. The third-order valence-electron chi connectivity index (χ3n) is 3.36. The molecule has 1 atom stereocenters. The molecule has 2 N–H and O–H groups in total. The normalized spacial score (nSPS) is 14.9. The molecule has 5 nitrogen and oxygen atoms in total. The number of hydrogen-bond acceptors (Lipinski definition) is 3. The first kappa shape index (κ1) is 15.9. The Labute approximate surface area is 112 Å². The van der Waals surface area contributed by atoms with Gasteiger partial charge in [-0.05, 0) is 18.4 Å². The fourth-order valence-corrected chi connectivity index (χ4v) is 3.54. The van der Waals surface area contributed by atoms with Crippen molar-refractivity contribution in [3.8, 4) is 0 Å². The maximum Gasteiger partial charge on any atom is 0.345 e. The predicted molar refractivity (Wildman–Crippen MR) is 72.0 cm³/mol. The zero-order valence-electron chi connectivity index (χ0n) is 11.1. The minimum atomic E-state index is -4.25. The van der Waals surface area contributed by atoms with Crippen molar-refractivity contribution in [1.82, 2.24) is 0 Å². The second kappa shape index (κ2) is 6.33. The first-order chi connectivity index (χ1) is 8.89. The second-order valence-corrected chi connectivity index (χ2v) is 6.48. The minimum absolute atomic E-state index is 0.0431. The summed E-state index contributed by atoms with van der Waals surface area (Å²) in [5.74, 6) is -1.30. The van der Waals surface area contributed by atoms with Gasteiger partial charge in [0.25, 0.3) is 0 Å². The highest BCUT2D eigenvalue weighted by molar-refractivity contribution is 7.55. The maximum atomic E-state index is 12.3. The number of aliphatic carboxylic acids is 1. The molecule has 0 aliphatic carbocycles. The van der Waals surface area contributed by atoms with Gasteiger partial charge in [0, 0.05) is 0 Å². The number of carboxylic acid groups (broad SMARTS) is 1. The molecule has 0 spiro atoms. The van der Waals surface area contributed by atoms with Crippen molar-refractivity contribution in [2.75, 3.05) is 0 Å². The zero-order chi connectivity index (χ0) is 14.5. The van der Waals surface area contributed by atoms with E-state index in [2.05, 4.69) is 0 Å². The van der Waals surface area contributed by atoms with Gasteiger partial charge in [-0.15, -0.1) is 0 Å². The van der Waals surface area contributed by atoms with Crippen LogP contribution in [0.2, 0.25) is 0 Å². The summed E-state index contributed by atoms with van der Waals surface area (Å²) in [6, 6.07) is 8.89. The number of benzene rings is 1. The number of rotatable bonds is 7. The van der Waals surface area contributed by atoms with Crippen LogP contribution in [0.15, 0.2) is 30.3 Å². The molecule has 0 heterocycles. The quantitative estimate of drug-likeness (QED) is 0.753. The molecule has 0 saturated carbocycles. The van der Waals surface area contributed by atoms with Gasteiger partial charge in [0.2, 0.25) is 0 Å². The van der Waals surface area contributed by atoms with E-state index in [-0.39, 0.29) is 19.4 Å². The number of carboxylic acids is 1. The number of carbonyl (C=O) groups is 1. The van der Waals surface area contributed by atoms with Crippen LogP contribution >= 0.6 is 7.60 Å². The molecule has 0 aromatic heterocycles. The van der Waals surface area contributed by atoms with Gasteiger partial charge in [0.05, 0.1) is 6.61 Å². The van der Waals surface area contributed by atoms with Crippen molar-refractivity contribution in [3.63, 3.8) is 0 Å². The van der Waals surface area contributed by atoms with Crippen LogP contribution in [-0.2, 0) is 20.5 Å². The SMILES string of the molecule is CCC(CC)(C(=O)O)P(=O)(O)OCc1ccccc1. The van der Waals surface area contributed by atoms with E-state index < -0.39 is 18.7 Å². The Balaban J connectivity index is 2.90. The van der Waals surface area contributed by atoms with Crippen LogP contribution in [-0.4, -0.2) is 21.1 Å². The van der Waals surface area contributed by atoms with Crippen LogP contribution in [0.25, 0.3) is 0 Å². The second-order valence-electron chi connectivity index (χ2n) is 4.32. The zero-order valence-corrected chi connectivity index (χ0v) is 12.0. The molecule has 0 bridgehead atoms. The van der Waals surface area contributed by atoms with E-state index in [0.29, 0.717) is 0 Å². The molecular formula is C13H19O5P. The Morgan fingerprint density at radius 3 is 2.21 bits per heavy atom. The summed E-state index contributed by atoms with van der Waals surface area (Å²) in [5, 5.41) is 7.51. The van der Waals surface area contributed by atoms with Crippen molar-refractivity contribution in [2.45, 2.75) is 38.5 Å². The average Bonchev–Trinajstić information content (AvgIpc) is 2.39. The van der Waals surface area contributed by atoms with Crippen LogP contribution < -0.4 is 0 Å². The van der Waals surface area contributed by atoms with Gasteiger partial charge in [-0.25, -0.2) is 0 Å². The lowest BCUT2D eigenvalue weighted by molar-refractivity contribution is -0.141. The van der Waals surface area contributed by atoms with Gasteiger partial charge in [-0.2, -0.15) is 0 Å². The molecule has 1 aromatic rings. The highest BCUT2D eigenvalue weighted by Crippen LogP contribution is 2.59. The fraction of sp³-hybridized carbons (Fsp3) is 0.462. The smallest absolute Gasteiger partial charge is 0.345 e. The Kier molecular flexibility index (Phi) is 5.29. The topological polar surface area (TPSA) is 83.8 Å². The third-order valence-corrected chi connectivity index (χ3v) is 5.74. The minimum Gasteiger partial charge on any atom is -0.480 e. The van der Waals surface area contributed by atoms with Crippen LogP contribution in [0.1, 0.15) is 32.3 Å². The first-order valence-electron chi connectivity index (χ1n) is 6.14. The van der Waals surface area contributed by atoms with Crippen molar-refractivity contribution in [1.29, 1.82) is 0 Å². The molecule has 0 amide bonds. The summed E-state index contributed by atoms with van der Waals surface area (Å²) in [4.78, 5) is 21.3. The lowest BCUT2D eigenvalue weighted by Crippen LogP contribution is -2.37. The van der Waals surface area contributed by atoms with E-state index in [4.69, 9.17) is 4.52 Å². The van der Waals surface area contributed by atoms with E-state index in [1.54, 1.807) is 38.1 Å². The Morgan fingerprint density at radius 2 is 1.79 bits per heavy atom. The molecular weight excluding hydrogens is 267 g/mol. The molecule has 1 aromatic carbocycles. The van der Waals surface area contributed by atoms with Gasteiger partial charge in [-0.3, -0.25) is 9.36 Å². The summed E-state index contributed by atoms with van der Waals surface area (Å²) in [6.45, 7) is 3.07. The summed E-state index contributed by atoms with van der Waals surface area (Å²) in [6.07, 6.45) is 0.0861. The van der Waals surface area contributed by atoms with Crippen LogP contribution in [0.4, 0.5) is 0 Å². The molecule has 6 heteroatoms. The van der Waals surface area contributed by atoms with Crippen LogP contribution in [0.5, 0.6) is 0 Å². The summed E-state index contributed by atoms with van der Waals surface area (Å²) in [5.41, 5.74) is 0.725. The van der Waals surface area contributed by atoms with Gasteiger partial charge in [0.1, 0.15) is 0 Å². The molecule has 0 fully saturated rings. The molecule has 1 unspecified atom stereocenters. The van der Waals surface area contributed by atoms with Crippen molar-refractivity contribution < 1.29 is 23.9 Å². The average molecular weight is 286 g/mol. The van der Waals surface area contributed by atoms with E-state index in [1.807, 2.05) is 6.07 Å². The Hall–Kier alpha value is -1.16. The Morgan fingerprint density at radius 1 is 1.26 bits per heavy atom. The number of hydrogen-bond donors (Lipinski definition) is 2. The Bertz CT molecular complexity index is 467. The molecule has 0 aliphatic heterocycles. The van der Waals surface area contributed by atoms with E-state index in [0.717, 1.165) is 5.56 Å². The molecule has 19 heavy (non-hydrogen) atoms. The van der Waals surface area contributed by atoms with Crippen molar-refractivity contribution in [2.24, 2.45) is 0 Å². The highest BCUT2D eigenvalue weighted by atomic mass is 31.2. The van der Waals surface area contributed by atoms with Crippen molar-refractivity contribution in [3.05, 3.63) is 35.9 Å². The molecule has 0 radical (unpaired) electrons.